The van der Waals surface area contributed by atoms with E-state index in [1.54, 1.807) is 12.3 Å². The molecule has 2 N–H and O–H groups in total. The van der Waals surface area contributed by atoms with E-state index in [1.807, 2.05) is 0 Å². The second kappa shape index (κ2) is 11.3. The Labute approximate surface area is 253 Å². The zero-order valence-corrected chi connectivity index (χ0v) is 24.5. The fraction of sp³-hybridized carbons (Fsp3) is 0.424. The monoisotopic (exact) mass is 600 g/mol. The van der Waals surface area contributed by atoms with Crippen LogP contribution in [-0.2, 0) is 0 Å². The van der Waals surface area contributed by atoms with Crippen LogP contribution in [0.4, 0.5) is 14.6 Å². The molecule has 0 saturated carbocycles. The molecule has 4 aromatic rings. The summed E-state index contributed by atoms with van der Waals surface area (Å²) < 4.78 is 33.7. The molecule has 2 bridgehead atoms. The van der Waals surface area contributed by atoms with Crippen LogP contribution in [0.15, 0.2) is 41.3 Å². The molecule has 4 saturated heterocycles. The first-order valence-electron chi connectivity index (χ1n) is 15.1. The first kappa shape index (κ1) is 28.5. The lowest BCUT2D eigenvalue weighted by Crippen LogP contribution is -2.51. The number of nitrogens with zero attached hydrogens (tertiary/aromatic N) is 5. The Morgan fingerprint density at radius 1 is 1.11 bits per heavy atom. The number of pyridine rings is 1. The summed E-state index contributed by atoms with van der Waals surface area (Å²) in [5, 5.41) is 20.1. The van der Waals surface area contributed by atoms with Gasteiger partial charge in [-0.25, -0.2) is 8.78 Å². The van der Waals surface area contributed by atoms with Gasteiger partial charge in [-0.05, 0) is 56.2 Å². The molecular formula is C33H34F2N6O3. The zero-order valence-electron chi connectivity index (χ0n) is 24.5. The standard InChI is InChI=1S/C26H22FN5O3.C7H12FN/c1-3-18-21(27)7-4-14-8-17(33)9-22(24(14)18)32-26(34)19-10-23(35-2)30-25(20(19)11-28-32)31-12-15-5-6-16(13-31)29-15;8-6-4-7-2-1-3-9(7)5-6/h1,4,7-11,15-16,29,33H,5-6,12-13H2,2H3;6-7H,1-5H2. The number of aromatic nitrogens is 3. The molecule has 0 amide bonds. The number of halogens is 2. The number of nitrogens with one attached hydrogen (secondary N) is 1. The molecule has 228 valence electrons. The number of hydrogen-bond donors (Lipinski definition) is 2. The molecule has 8 rings (SSSR count). The summed E-state index contributed by atoms with van der Waals surface area (Å²) in [5.41, 5.74) is -0.269. The number of hydrogen-bond acceptors (Lipinski definition) is 8. The van der Waals surface area contributed by atoms with Crippen molar-refractivity contribution in [2.24, 2.45) is 0 Å². The number of methoxy groups -OCH3 is 1. The lowest BCUT2D eigenvalue weighted by Gasteiger charge is -2.34. The number of benzene rings is 2. The molecule has 4 atom stereocenters. The van der Waals surface area contributed by atoms with Crippen LogP contribution in [0.1, 0.15) is 37.7 Å². The van der Waals surface area contributed by atoms with Crippen LogP contribution < -0.4 is 20.5 Å². The highest BCUT2D eigenvalue weighted by Gasteiger charge is 2.35. The Bertz CT molecular complexity index is 1830. The molecule has 44 heavy (non-hydrogen) atoms. The van der Waals surface area contributed by atoms with Crippen molar-refractivity contribution in [3.05, 3.63) is 58.3 Å². The highest BCUT2D eigenvalue weighted by atomic mass is 19.1. The highest BCUT2D eigenvalue weighted by Crippen LogP contribution is 2.34. The van der Waals surface area contributed by atoms with Crippen molar-refractivity contribution in [3.63, 3.8) is 0 Å². The third-order valence-corrected chi connectivity index (χ3v) is 9.33. The average Bonchev–Trinajstić information content (AvgIpc) is 3.71. The van der Waals surface area contributed by atoms with Gasteiger partial charge in [-0.2, -0.15) is 14.8 Å². The number of phenolic OH excluding ortho intramolecular Hbond substituents is 1. The van der Waals surface area contributed by atoms with E-state index < -0.39 is 17.5 Å². The largest absolute Gasteiger partial charge is 0.508 e. The first-order valence-corrected chi connectivity index (χ1v) is 15.1. The molecule has 4 aliphatic rings. The molecule has 6 heterocycles. The van der Waals surface area contributed by atoms with Crippen molar-refractivity contribution in [1.82, 2.24) is 25.0 Å². The Kier molecular flexibility index (Phi) is 7.34. The van der Waals surface area contributed by atoms with Gasteiger partial charge in [0.1, 0.15) is 23.6 Å². The summed E-state index contributed by atoms with van der Waals surface area (Å²) in [7, 11) is 1.50. The Morgan fingerprint density at radius 3 is 2.64 bits per heavy atom. The lowest BCUT2D eigenvalue weighted by molar-refractivity contribution is 0.292. The van der Waals surface area contributed by atoms with E-state index in [2.05, 4.69) is 31.1 Å². The number of anilines is 1. The minimum Gasteiger partial charge on any atom is -0.508 e. The van der Waals surface area contributed by atoms with Crippen molar-refractivity contribution < 1.29 is 18.6 Å². The molecule has 2 aromatic carbocycles. The zero-order chi connectivity index (χ0) is 30.5. The van der Waals surface area contributed by atoms with Gasteiger partial charge in [-0.1, -0.05) is 12.0 Å². The van der Waals surface area contributed by atoms with Crippen molar-refractivity contribution in [3.8, 4) is 29.7 Å². The first-order chi connectivity index (χ1) is 21.3. The number of phenols is 1. The van der Waals surface area contributed by atoms with E-state index in [9.17, 15) is 18.7 Å². The molecule has 0 aliphatic carbocycles. The third-order valence-electron chi connectivity index (χ3n) is 9.33. The maximum atomic E-state index is 14.5. The molecule has 0 spiro atoms. The van der Waals surface area contributed by atoms with E-state index in [0.717, 1.165) is 43.6 Å². The van der Waals surface area contributed by atoms with Crippen LogP contribution >= 0.6 is 0 Å². The maximum absolute atomic E-state index is 14.5. The number of fused-ring (bicyclic) bond motifs is 5. The number of ether oxygens (including phenoxy) is 1. The van der Waals surface area contributed by atoms with Crippen LogP contribution in [0.2, 0.25) is 0 Å². The molecular weight excluding hydrogens is 566 g/mol. The normalized spacial score (nSPS) is 24.3. The molecule has 0 radical (unpaired) electrons. The van der Waals surface area contributed by atoms with Crippen molar-refractivity contribution in [2.45, 2.75) is 56.4 Å². The van der Waals surface area contributed by atoms with Gasteiger partial charge in [-0.15, -0.1) is 6.42 Å². The van der Waals surface area contributed by atoms with Gasteiger partial charge in [0.05, 0.1) is 35.3 Å². The van der Waals surface area contributed by atoms with Crippen molar-refractivity contribution in [1.29, 1.82) is 0 Å². The summed E-state index contributed by atoms with van der Waals surface area (Å²) in [6.45, 7) is 3.41. The molecule has 4 unspecified atom stereocenters. The van der Waals surface area contributed by atoms with Gasteiger partial charge in [0, 0.05) is 55.3 Å². The summed E-state index contributed by atoms with van der Waals surface area (Å²) in [6, 6.07) is 8.50. The van der Waals surface area contributed by atoms with Gasteiger partial charge >= 0.3 is 0 Å². The average molecular weight is 601 g/mol. The predicted octanol–water partition coefficient (Wildman–Crippen LogP) is 3.90. The number of alkyl halides is 1. The van der Waals surface area contributed by atoms with Crippen LogP contribution in [0, 0.1) is 18.2 Å². The number of terminal acetylenes is 1. The van der Waals surface area contributed by atoms with Crippen molar-refractivity contribution >= 4 is 27.4 Å². The van der Waals surface area contributed by atoms with E-state index in [-0.39, 0.29) is 17.0 Å². The SMILES string of the molecule is C#Cc1c(F)ccc2cc(O)cc(-n3ncc4c(N5CC6CCC(C5)N6)nc(OC)cc4c3=O)c12.FC1CC2CCCN2C1. The lowest BCUT2D eigenvalue weighted by atomic mass is 10.0. The van der Waals surface area contributed by atoms with Crippen LogP contribution in [-0.4, -0.2) is 82.4 Å². The summed E-state index contributed by atoms with van der Waals surface area (Å²) in [5.74, 6) is 2.63. The Balaban J connectivity index is 0.000000296. The second-order valence-electron chi connectivity index (χ2n) is 12.1. The molecule has 11 heteroatoms. The molecule has 4 fully saturated rings. The minimum absolute atomic E-state index is 0.00409. The Morgan fingerprint density at radius 2 is 1.91 bits per heavy atom. The predicted molar refractivity (Wildman–Crippen MR) is 165 cm³/mol. The quantitative estimate of drug-likeness (QED) is 0.342. The number of rotatable bonds is 3. The fourth-order valence-electron chi connectivity index (χ4n) is 7.33. The summed E-state index contributed by atoms with van der Waals surface area (Å²) in [4.78, 5) is 22.9. The highest BCUT2D eigenvalue weighted by molar-refractivity contribution is 5.97. The third kappa shape index (κ3) is 5.02. The Hall–Kier alpha value is -4.27. The van der Waals surface area contributed by atoms with Crippen molar-refractivity contribution in [2.75, 3.05) is 38.2 Å². The maximum Gasteiger partial charge on any atom is 0.279 e. The smallest absolute Gasteiger partial charge is 0.279 e. The topological polar surface area (TPSA) is 95.8 Å². The van der Waals surface area contributed by atoms with Gasteiger partial charge in [0.25, 0.3) is 5.56 Å². The van der Waals surface area contributed by atoms with E-state index in [1.165, 1.54) is 44.2 Å². The summed E-state index contributed by atoms with van der Waals surface area (Å²) >= 11 is 0. The molecule has 4 aliphatic heterocycles. The minimum atomic E-state index is -0.595. The fourth-order valence-corrected chi connectivity index (χ4v) is 7.33. The van der Waals surface area contributed by atoms with E-state index in [4.69, 9.17) is 11.2 Å². The summed E-state index contributed by atoms with van der Waals surface area (Å²) in [6.07, 6.45) is 12.2. The van der Waals surface area contributed by atoms with E-state index in [0.29, 0.717) is 57.9 Å². The van der Waals surface area contributed by atoms with Gasteiger partial charge in [0.15, 0.2) is 0 Å². The molecule has 2 aromatic heterocycles. The number of aromatic hydroxyl groups is 1. The van der Waals surface area contributed by atoms with Gasteiger partial charge < -0.3 is 20.1 Å². The number of piperazine rings is 1. The second-order valence-corrected chi connectivity index (χ2v) is 12.1. The van der Waals surface area contributed by atoms with Crippen LogP contribution in [0.25, 0.3) is 27.2 Å². The van der Waals surface area contributed by atoms with Crippen LogP contribution in [0.3, 0.4) is 0 Å². The molecule has 9 nitrogen and oxygen atoms in total. The van der Waals surface area contributed by atoms with Gasteiger partial charge in [0.2, 0.25) is 5.88 Å². The van der Waals surface area contributed by atoms with Crippen LogP contribution in [0.5, 0.6) is 11.6 Å². The van der Waals surface area contributed by atoms with E-state index >= 15 is 0 Å². The van der Waals surface area contributed by atoms with Gasteiger partial charge in [-0.3, -0.25) is 9.69 Å².